The lowest BCUT2D eigenvalue weighted by atomic mass is 10.1. The fraction of sp³-hybridized carbons (Fsp3) is 0.200. The van der Waals surface area contributed by atoms with Gasteiger partial charge in [-0.3, -0.25) is 4.79 Å². The number of aromatic nitrogens is 1. The van der Waals surface area contributed by atoms with Crippen molar-refractivity contribution in [3.63, 3.8) is 0 Å². The van der Waals surface area contributed by atoms with Crippen molar-refractivity contribution in [1.82, 2.24) is 4.57 Å². The molecule has 0 aliphatic heterocycles. The van der Waals surface area contributed by atoms with E-state index in [-0.39, 0.29) is 18.5 Å². The van der Waals surface area contributed by atoms with Crippen LogP contribution in [0, 0.1) is 0 Å². The zero-order valence-corrected chi connectivity index (χ0v) is 20.4. The maximum absolute atomic E-state index is 11.4. The van der Waals surface area contributed by atoms with Crippen LogP contribution in [0.5, 0.6) is 11.5 Å². The number of hydrogen-bond acceptors (Lipinski definition) is 4. The molecule has 4 aromatic rings. The lowest BCUT2D eigenvalue weighted by Crippen LogP contribution is -2.04. The van der Waals surface area contributed by atoms with Crippen LogP contribution in [0.4, 0.5) is 0 Å². The standard InChI is InChI=1S/C30H29NO6/c32-29(33)16-17-31-21-24(26-15-14-23(30(34)35)20-27(26)31)13-12-22-8-4-5-11-28(22)37-19-7-6-18-36-25-9-2-1-3-10-25/h1-5,8-15,20-21H,6-7,16-19H2,(H,32,33)(H,34,35)/b13-12+. The maximum atomic E-state index is 11.4. The van der Waals surface area contributed by atoms with E-state index in [1.807, 2.05) is 72.9 Å². The number of ether oxygens (including phenoxy) is 2. The first-order valence-corrected chi connectivity index (χ1v) is 12.2. The van der Waals surface area contributed by atoms with Gasteiger partial charge in [0.1, 0.15) is 11.5 Å². The van der Waals surface area contributed by atoms with Crippen molar-refractivity contribution in [2.24, 2.45) is 0 Å². The van der Waals surface area contributed by atoms with Crippen LogP contribution < -0.4 is 9.47 Å². The lowest BCUT2D eigenvalue weighted by Gasteiger charge is -2.10. The second-order valence-corrected chi connectivity index (χ2v) is 8.55. The van der Waals surface area contributed by atoms with Gasteiger partial charge in [-0.25, -0.2) is 4.79 Å². The Morgan fingerprint density at radius 1 is 0.811 bits per heavy atom. The minimum atomic E-state index is -1.03. The molecule has 0 unspecified atom stereocenters. The summed E-state index contributed by atoms with van der Waals surface area (Å²) in [6.45, 7) is 1.44. The number of carboxylic acids is 2. The first-order chi connectivity index (χ1) is 18.0. The average Bonchev–Trinajstić information content (AvgIpc) is 3.26. The van der Waals surface area contributed by atoms with Gasteiger partial charge in [0.05, 0.1) is 25.2 Å². The van der Waals surface area contributed by atoms with Gasteiger partial charge in [-0.1, -0.05) is 54.6 Å². The van der Waals surface area contributed by atoms with Crippen LogP contribution >= 0.6 is 0 Å². The Balaban J connectivity index is 1.43. The second-order valence-electron chi connectivity index (χ2n) is 8.55. The molecule has 0 atom stereocenters. The summed E-state index contributed by atoms with van der Waals surface area (Å²) in [6.07, 6.45) is 7.42. The molecule has 37 heavy (non-hydrogen) atoms. The number of fused-ring (bicyclic) bond motifs is 1. The van der Waals surface area contributed by atoms with E-state index in [9.17, 15) is 14.7 Å². The molecule has 0 saturated heterocycles. The molecular weight excluding hydrogens is 470 g/mol. The minimum absolute atomic E-state index is 0.0582. The Morgan fingerprint density at radius 3 is 2.27 bits per heavy atom. The fourth-order valence-electron chi connectivity index (χ4n) is 4.01. The number of nitrogens with zero attached hydrogens (tertiary/aromatic N) is 1. The van der Waals surface area contributed by atoms with Gasteiger partial charge in [-0.2, -0.15) is 0 Å². The average molecular weight is 500 g/mol. The summed E-state index contributed by atoms with van der Waals surface area (Å²) in [5, 5.41) is 19.3. The topological polar surface area (TPSA) is 98.0 Å². The molecule has 2 N–H and O–H groups in total. The summed E-state index contributed by atoms with van der Waals surface area (Å²) >= 11 is 0. The minimum Gasteiger partial charge on any atom is -0.494 e. The molecular formula is C30H29NO6. The first kappa shape index (κ1) is 25.6. The molecule has 1 heterocycles. The third kappa shape index (κ3) is 7.01. The number of carboxylic acid groups (broad SMARTS) is 2. The van der Waals surface area contributed by atoms with E-state index in [0.717, 1.165) is 40.9 Å². The smallest absolute Gasteiger partial charge is 0.335 e. The number of para-hydroxylation sites is 2. The summed E-state index contributed by atoms with van der Waals surface area (Å²) < 4.78 is 13.5. The SMILES string of the molecule is O=C(O)CCn1cc(/C=C/c2ccccc2OCCCCOc2ccccc2)c2ccc(C(=O)O)cc21. The normalized spacial score (nSPS) is 11.1. The molecule has 0 spiro atoms. The van der Waals surface area contributed by atoms with E-state index in [2.05, 4.69) is 0 Å². The van der Waals surface area contributed by atoms with Crippen LogP contribution in [0.15, 0.2) is 79.0 Å². The van der Waals surface area contributed by atoms with Crippen molar-refractivity contribution >= 4 is 35.0 Å². The Labute approximate surface area is 215 Å². The number of rotatable bonds is 13. The molecule has 1 aromatic heterocycles. The monoisotopic (exact) mass is 499 g/mol. The fourth-order valence-corrected chi connectivity index (χ4v) is 4.01. The van der Waals surface area contributed by atoms with Crippen LogP contribution in [-0.2, 0) is 11.3 Å². The van der Waals surface area contributed by atoms with E-state index in [1.165, 1.54) is 0 Å². The largest absolute Gasteiger partial charge is 0.494 e. The van der Waals surface area contributed by atoms with Crippen molar-refractivity contribution < 1.29 is 29.3 Å². The first-order valence-electron chi connectivity index (χ1n) is 12.2. The van der Waals surface area contributed by atoms with Crippen molar-refractivity contribution in [3.05, 3.63) is 95.7 Å². The number of carbonyl (C=O) groups is 2. The number of hydrogen-bond donors (Lipinski definition) is 2. The van der Waals surface area contributed by atoms with Crippen molar-refractivity contribution in [1.29, 1.82) is 0 Å². The maximum Gasteiger partial charge on any atom is 0.335 e. The van der Waals surface area contributed by atoms with Gasteiger partial charge in [-0.05, 0) is 48.7 Å². The molecule has 0 saturated carbocycles. The van der Waals surface area contributed by atoms with Crippen LogP contribution in [0.3, 0.4) is 0 Å². The molecule has 190 valence electrons. The van der Waals surface area contributed by atoms with Crippen molar-refractivity contribution in [2.45, 2.75) is 25.8 Å². The van der Waals surface area contributed by atoms with Crippen molar-refractivity contribution in [2.75, 3.05) is 13.2 Å². The van der Waals surface area contributed by atoms with Gasteiger partial charge < -0.3 is 24.3 Å². The highest BCUT2D eigenvalue weighted by Crippen LogP contribution is 2.27. The van der Waals surface area contributed by atoms with Crippen LogP contribution in [0.25, 0.3) is 23.1 Å². The molecule has 4 rings (SSSR count). The zero-order chi connectivity index (χ0) is 26.0. The van der Waals surface area contributed by atoms with Gasteiger partial charge in [0.25, 0.3) is 0 Å². The van der Waals surface area contributed by atoms with E-state index in [0.29, 0.717) is 18.7 Å². The Hall–Kier alpha value is -4.52. The van der Waals surface area contributed by atoms with E-state index in [4.69, 9.17) is 14.6 Å². The number of aryl methyl sites for hydroxylation is 1. The lowest BCUT2D eigenvalue weighted by molar-refractivity contribution is -0.137. The van der Waals surface area contributed by atoms with Crippen LogP contribution in [0.1, 0.15) is 40.7 Å². The highest BCUT2D eigenvalue weighted by Gasteiger charge is 2.12. The number of benzene rings is 3. The molecule has 0 aliphatic carbocycles. The predicted octanol–water partition coefficient (Wildman–Crippen LogP) is 6.22. The quantitative estimate of drug-likeness (QED) is 0.212. The van der Waals surface area contributed by atoms with E-state index >= 15 is 0 Å². The van der Waals surface area contributed by atoms with Crippen LogP contribution in [0.2, 0.25) is 0 Å². The summed E-state index contributed by atoms with van der Waals surface area (Å²) in [5.74, 6) is -0.304. The van der Waals surface area contributed by atoms with Gasteiger partial charge >= 0.3 is 11.9 Å². The predicted molar refractivity (Wildman–Crippen MR) is 143 cm³/mol. The number of unbranched alkanes of at least 4 members (excludes halogenated alkanes) is 1. The molecule has 0 aliphatic rings. The molecule has 0 fully saturated rings. The number of aromatic carboxylic acids is 1. The van der Waals surface area contributed by atoms with Gasteiger partial charge in [-0.15, -0.1) is 0 Å². The van der Waals surface area contributed by atoms with E-state index in [1.54, 1.807) is 22.8 Å². The summed E-state index contributed by atoms with van der Waals surface area (Å²) in [5.41, 5.74) is 2.62. The van der Waals surface area contributed by atoms with Gasteiger partial charge in [0, 0.05) is 29.2 Å². The molecule has 7 heteroatoms. The van der Waals surface area contributed by atoms with Gasteiger partial charge in [0.2, 0.25) is 0 Å². The third-order valence-corrected chi connectivity index (χ3v) is 5.90. The third-order valence-electron chi connectivity index (χ3n) is 5.90. The summed E-state index contributed by atoms with van der Waals surface area (Å²) in [7, 11) is 0. The summed E-state index contributed by atoms with van der Waals surface area (Å²) in [4.78, 5) is 22.6. The Bertz CT molecular complexity index is 1390. The highest BCUT2D eigenvalue weighted by molar-refractivity contribution is 5.97. The molecule has 7 nitrogen and oxygen atoms in total. The molecule has 3 aromatic carbocycles. The second kappa shape index (κ2) is 12.4. The van der Waals surface area contributed by atoms with Gasteiger partial charge in [0.15, 0.2) is 0 Å². The number of aliphatic carboxylic acids is 1. The van der Waals surface area contributed by atoms with Crippen LogP contribution in [-0.4, -0.2) is 39.9 Å². The van der Waals surface area contributed by atoms with Crippen molar-refractivity contribution in [3.8, 4) is 11.5 Å². The Kier molecular flexibility index (Phi) is 8.60. The highest BCUT2D eigenvalue weighted by atomic mass is 16.5. The molecule has 0 radical (unpaired) electrons. The molecule has 0 amide bonds. The zero-order valence-electron chi connectivity index (χ0n) is 20.4. The molecule has 0 bridgehead atoms. The van der Waals surface area contributed by atoms with E-state index < -0.39 is 11.9 Å². The Morgan fingerprint density at radius 2 is 1.51 bits per heavy atom. The summed E-state index contributed by atoms with van der Waals surface area (Å²) in [6, 6.07) is 22.4.